The fourth-order valence-corrected chi connectivity index (χ4v) is 6.52. The van der Waals surface area contributed by atoms with E-state index in [2.05, 4.69) is 35.5 Å². The van der Waals surface area contributed by atoms with Crippen molar-refractivity contribution in [2.75, 3.05) is 0 Å². The van der Waals surface area contributed by atoms with Gasteiger partial charge in [0.25, 0.3) is 0 Å². The quantitative estimate of drug-likeness (QED) is 0.0867. The first kappa shape index (κ1) is 42.7. The summed E-state index contributed by atoms with van der Waals surface area (Å²) in [4.78, 5) is 57.8. The van der Waals surface area contributed by atoms with Crippen LogP contribution in [0.3, 0.4) is 0 Å². The van der Waals surface area contributed by atoms with Gasteiger partial charge in [0.15, 0.2) is 52.2 Å². The van der Waals surface area contributed by atoms with Crippen molar-refractivity contribution in [3.05, 3.63) is 211 Å². The normalized spacial score (nSPS) is 12.6. The van der Waals surface area contributed by atoms with Crippen LogP contribution in [0.2, 0.25) is 0 Å². The zero-order chi connectivity index (χ0) is 42.3. The van der Waals surface area contributed by atoms with Gasteiger partial charge in [-0.25, -0.2) is 17.6 Å². The highest BCUT2D eigenvalue weighted by Gasteiger charge is 2.28. The maximum atomic E-state index is 13.5. The summed E-state index contributed by atoms with van der Waals surface area (Å²) in [5.41, 5.74) is 6.81. The van der Waals surface area contributed by atoms with Crippen LogP contribution in [0.5, 0.6) is 0 Å². The second kappa shape index (κ2) is 18.8. The molecule has 0 bridgehead atoms. The van der Waals surface area contributed by atoms with Gasteiger partial charge >= 0.3 is 0 Å². The van der Waals surface area contributed by atoms with Gasteiger partial charge in [0.05, 0.1) is 18.4 Å². The van der Waals surface area contributed by atoms with Crippen molar-refractivity contribution in [1.29, 1.82) is 0 Å². The molecule has 9 rings (SSSR count). The molecule has 0 aromatic heterocycles. The summed E-state index contributed by atoms with van der Waals surface area (Å²) < 4.78 is 52.4. The van der Waals surface area contributed by atoms with Crippen molar-refractivity contribution in [2.45, 2.75) is 33.1 Å². The van der Waals surface area contributed by atoms with Crippen LogP contribution >= 0.6 is 0 Å². The topological polar surface area (TPSA) is 85.3 Å². The number of carbonyl (C=O) groups excluding carboxylic acids is 5. The summed E-state index contributed by atoms with van der Waals surface area (Å²) in [7, 11) is 0. The van der Waals surface area contributed by atoms with Gasteiger partial charge in [0.2, 0.25) is 0 Å². The molecule has 0 aliphatic heterocycles. The molecule has 61 heavy (non-hydrogen) atoms. The Labute approximate surface area is 349 Å². The van der Waals surface area contributed by atoms with E-state index in [0.717, 1.165) is 52.4 Å². The molecule has 6 aromatic carbocycles. The molecular formula is C52H32F4O5. The SMILES string of the molecule is C.O=C1CC(=O)c2cc(C#Cc3cccc(F)c3F)ccc21.O=C1CC(=O)c2cc(C#Cc3ccccc3)ccc21.O=C1CCc2cc(C#Cc3ccc(F)c(F)c3)ccc21. The van der Waals surface area contributed by atoms with E-state index < -0.39 is 23.3 Å². The Morgan fingerprint density at radius 1 is 0.361 bits per heavy atom. The summed E-state index contributed by atoms with van der Waals surface area (Å²) in [5, 5.41) is 0. The minimum absolute atomic E-state index is 0. The maximum Gasteiger partial charge on any atom is 0.174 e. The van der Waals surface area contributed by atoms with Crippen LogP contribution in [0.15, 0.2) is 121 Å². The molecule has 3 aliphatic rings. The van der Waals surface area contributed by atoms with Gasteiger partial charge in [0.1, 0.15) is 0 Å². The van der Waals surface area contributed by atoms with Crippen molar-refractivity contribution in [1.82, 2.24) is 0 Å². The Morgan fingerprint density at radius 2 is 0.852 bits per heavy atom. The second-order valence-electron chi connectivity index (χ2n) is 13.7. The zero-order valence-electron chi connectivity index (χ0n) is 31.4. The summed E-state index contributed by atoms with van der Waals surface area (Å²) in [6, 6.07) is 32.2. The van der Waals surface area contributed by atoms with E-state index >= 15 is 0 Å². The first-order valence-corrected chi connectivity index (χ1v) is 18.5. The molecule has 0 spiro atoms. The van der Waals surface area contributed by atoms with Crippen LogP contribution in [0.1, 0.15) is 117 Å². The lowest BCUT2D eigenvalue weighted by atomic mass is 10.1. The molecule has 9 heteroatoms. The molecule has 0 atom stereocenters. The van der Waals surface area contributed by atoms with Gasteiger partial charge < -0.3 is 0 Å². The smallest absolute Gasteiger partial charge is 0.174 e. The van der Waals surface area contributed by atoms with Gasteiger partial charge in [-0.15, -0.1) is 0 Å². The third-order valence-corrected chi connectivity index (χ3v) is 9.60. The summed E-state index contributed by atoms with van der Waals surface area (Å²) in [5.74, 6) is 12.7. The number of ketones is 5. The van der Waals surface area contributed by atoms with Crippen LogP contribution in [-0.4, -0.2) is 28.9 Å². The van der Waals surface area contributed by atoms with Gasteiger partial charge in [-0.3, -0.25) is 24.0 Å². The molecule has 0 N–H and O–H groups in total. The standard InChI is InChI=1S/C17H8F2O2.C17H10F2O.C17H10O2.CH4/c18-14-3-1-2-11(17(14)19)6-4-10-5-7-12-13(8-10)16(21)9-15(12)20;18-15-7-4-12(10-16(15)19)2-1-11-3-6-14-13(9-11)5-8-17(14)20;18-16-11-17(19)15-10-13(8-9-14(15)16)7-6-12-4-2-1-3-5-12;/h1-3,5,7-8H,9H2;3-4,6-7,9-10H,5,8H2;1-5,8-10H,11H2;1H4. The molecule has 0 radical (unpaired) electrons. The van der Waals surface area contributed by atoms with E-state index in [1.165, 1.54) is 30.3 Å². The van der Waals surface area contributed by atoms with E-state index in [1.807, 2.05) is 36.4 Å². The van der Waals surface area contributed by atoms with Gasteiger partial charge in [-0.1, -0.05) is 67.2 Å². The average molecular weight is 813 g/mol. The monoisotopic (exact) mass is 812 g/mol. The fraction of sp³-hybridized carbons (Fsp3) is 0.0962. The summed E-state index contributed by atoms with van der Waals surface area (Å²) in [6.07, 6.45) is 1.17. The molecule has 0 saturated heterocycles. The van der Waals surface area contributed by atoms with Crippen molar-refractivity contribution in [3.63, 3.8) is 0 Å². The van der Waals surface area contributed by atoms with Crippen molar-refractivity contribution in [3.8, 4) is 35.5 Å². The number of benzene rings is 6. The lowest BCUT2D eigenvalue weighted by molar-refractivity contribution is 0.0906. The average Bonchev–Trinajstić information content (AvgIpc) is 3.87. The highest BCUT2D eigenvalue weighted by atomic mass is 19.2. The summed E-state index contributed by atoms with van der Waals surface area (Å²) >= 11 is 0. The minimum Gasteiger partial charge on any atom is -0.294 e. The molecule has 0 amide bonds. The number of fused-ring (bicyclic) bond motifs is 3. The lowest BCUT2D eigenvalue weighted by Crippen LogP contribution is -1.92. The molecule has 3 aliphatic carbocycles. The first-order valence-electron chi connectivity index (χ1n) is 18.5. The molecule has 0 heterocycles. The Morgan fingerprint density at radius 3 is 1.44 bits per heavy atom. The third-order valence-electron chi connectivity index (χ3n) is 9.60. The van der Waals surface area contributed by atoms with E-state index in [4.69, 9.17) is 0 Å². The van der Waals surface area contributed by atoms with Crippen molar-refractivity contribution in [2.24, 2.45) is 0 Å². The number of rotatable bonds is 0. The Balaban J connectivity index is 0.000000152. The van der Waals surface area contributed by atoms with Crippen LogP contribution in [0, 0.1) is 58.8 Å². The first-order chi connectivity index (χ1) is 28.9. The zero-order valence-corrected chi connectivity index (χ0v) is 31.4. The largest absolute Gasteiger partial charge is 0.294 e. The van der Waals surface area contributed by atoms with E-state index in [9.17, 15) is 41.5 Å². The number of aryl methyl sites for hydroxylation is 1. The number of carbonyl (C=O) groups is 5. The molecular weight excluding hydrogens is 781 g/mol. The molecule has 298 valence electrons. The highest BCUT2D eigenvalue weighted by molar-refractivity contribution is 6.25. The Bertz CT molecular complexity index is 2990. The third kappa shape index (κ3) is 10.0. The highest BCUT2D eigenvalue weighted by Crippen LogP contribution is 2.25. The van der Waals surface area contributed by atoms with Gasteiger partial charge in [-0.05, 0) is 109 Å². The molecule has 0 fully saturated rings. The second-order valence-corrected chi connectivity index (χ2v) is 13.7. The number of hydrogen-bond acceptors (Lipinski definition) is 5. The van der Waals surface area contributed by atoms with Crippen molar-refractivity contribution >= 4 is 28.9 Å². The van der Waals surface area contributed by atoms with E-state index in [-0.39, 0.29) is 54.7 Å². The molecule has 0 saturated carbocycles. The number of hydrogen-bond donors (Lipinski definition) is 0. The van der Waals surface area contributed by atoms with Crippen LogP contribution in [-0.2, 0) is 6.42 Å². The lowest BCUT2D eigenvalue weighted by Gasteiger charge is -1.98. The van der Waals surface area contributed by atoms with Gasteiger partial charge in [0, 0.05) is 62.1 Å². The molecule has 5 nitrogen and oxygen atoms in total. The minimum atomic E-state index is -1.00. The van der Waals surface area contributed by atoms with Crippen molar-refractivity contribution < 1.29 is 41.5 Å². The van der Waals surface area contributed by atoms with E-state index in [0.29, 0.717) is 39.8 Å². The van der Waals surface area contributed by atoms with Crippen LogP contribution in [0.4, 0.5) is 17.6 Å². The summed E-state index contributed by atoms with van der Waals surface area (Å²) in [6.45, 7) is 0. The Kier molecular flexibility index (Phi) is 13.1. The fourth-order valence-electron chi connectivity index (χ4n) is 6.52. The molecule has 0 unspecified atom stereocenters. The maximum absolute atomic E-state index is 13.5. The Hall–Kier alpha value is -7.93. The van der Waals surface area contributed by atoms with Crippen LogP contribution in [0.25, 0.3) is 0 Å². The van der Waals surface area contributed by atoms with E-state index in [1.54, 1.807) is 36.4 Å². The predicted molar refractivity (Wildman–Crippen MR) is 222 cm³/mol. The van der Waals surface area contributed by atoms with Gasteiger partial charge in [-0.2, -0.15) is 0 Å². The van der Waals surface area contributed by atoms with Crippen LogP contribution < -0.4 is 0 Å². The predicted octanol–water partition coefficient (Wildman–Crippen LogP) is 10.1. The number of halogens is 4. The number of Topliss-reactive ketones (excluding diaryl/α,β-unsaturated/α-hetero) is 5. The molecule has 6 aromatic rings.